The summed E-state index contributed by atoms with van der Waals surface area (Å²) in [5.74, 6) is 5.73. The number of nitrogens with zero attached hydrogens (tertiary/aromatic N) is 1. The first-order valence-corrected chi connectivity index (χ1v) is 5.56. The van der Waals surface area contributed by atoms with Gasteiger partial charge >= 0.3 is 0 Å². The van der Waals surface area contributed by atoms with Crippen molar-refractivity contribution in [2.75, 3.05) is 6.54 Å². The maximum atomic E-state index is 10.7. The first-order chi connectivity index (χ1) is 8.15. The van der Waals surface area contributed by atoms with Crippen molar-refractivity contribution in [3.05, 3.63) is 38.9 Å². The number of rotatable bonds is 5. The second-order valence-corrected chi connectivity index (χ2v) is 3.80. The summed E-state index contributed by atoms with van der Waals surface area (Å²) in [5.41, 5.74) is 0.782. The van der Waals surface area contributed by atoms with Gasteiger partial charge in [0.15, 0.2) is 0 Å². The Hall–Kier alpha value is -1.57. The van der Waals surface area contributed by atoms with Crippen LogP contribution in [-0.4, -0.2) is 11.5 Å². The first kappa shape index (κ1) is 13.5. The fraction of sp³-hybridized carbons (Fsp3) is 0.333. The van der Waals surface area contributed by atoms with E-state index in [0.29, 0.717) is 6.54 Å². The van der Waals surface area contributed by atoms with Crippen LogP contribution in [0.4, 0.5) is 5.69 Å². The Bertz CT molecular complexity index is 463. The number of nitro benzene ring substituents is 1. The highest BCUT2D eigenvalue weighted by atomic mass is 35.5. The van der Waals surface area contributed by atoms with E-state index in [2.05, 4.69) is 17.2 Å². The lowest BCUT2D eigenvalue weighted by atomic mass is 10.2. The monoisotopic (exact) mass is 252 g/mol. The topological polar surface area (TPSA) is 55.2 Å². The lowest BCUT2D eigenvalue weighted by Crippen LogP contribution is -2.14. The third kappa shape index (κ3) is 4.43. The summed E-state index contributed by atoms with van der Waals surface area (Å²) < 4.78 is 0. The van der Waals surface area contributed by atoms with Gasteiger partial charge in [0.05, 0.1) is 4.92 Å². The van der Waals surface area contributed by atoms with Crippen LogP contribution in [-0.2, 0) is 6.54 Å². The minimum absolute atomic E-state index is 0.0562. The second kappa shape index (κ2) is 6.89. The Morgan fingerprint density at radius 1 is 1.53 bits per heavy atom. The number of halogens is 1. The van der Waals surface area contributed by atoms with Crippen LogP contribution < -0.4 is 5.32 Å². The van der Waals surface area contributed by atoms with E-state index in [1.807, 2.05) is 0 Å². The minimum atomic E-state index is -0.478. The SMILES string of the molecule is CC#CCCNCc1ccc(Cl)c([N+](=O)[O-])c1. The van der Waals surface area contributed by atoms with Gasteiger partial charge in [-0.15, -0.1) is 11.8 Å². The molecule has 0 unspecified atom stereocenters. The summed E-state index contributed by atoms with van der Waals surface area (Å²) >= 11 is 5.71. The van der Waals surface area contributed by atoms with Gasteiger partial charge in [0.1, 0.15) is 5.02 Å². The van der Waals surface area contributed by atoms with Crippen molar-refractivity contribution in [2.45, 2.75) is 19.9 Å². The summed E-state index contributed by atoms with van der Waals surface area (Å²) in [5, 5.41) is 14.0. The Kier molecular flexibility index (Phi) is 5.47. The van der Waals surface area contributed by atoms with Crippen LogP contribution in [0.3, 0.4) is 0 Å². The molecule has 0 spiro atoms. The zero-order chi connectivity index (χ0) is 12.7. The van der Waals surface area contributed by atoms with Crippen molar-refractivity contribution in [2.24, 2.45) is 0 Å². The molecule has 1 rings (SSSR count). The van der Waals surface area contributed by atoms with Crippen LogP contribution >= 0.6 is 11.6 Å². The Morgan fingerprint density at radius 3 is 2.94 bits per heavy atom. The van der Waals surface area contributed by atoms with E-state index in [1.165, 1.54) is 6.07 Å². The number of hydrogen-bond donors (Lipinski definition) is 1. The van der Waals surface area contributed by atoms with Gasteiger partial charge in [-0.3, -0.25) is 10.1 Å². The molecule has 0 bridgehead atoms. The van der Waals surface area contributed by atoms with E-state index in [0.717, 1.165) is 18.5 Å². The molecule has 0 saturated heterocycles. The molecule has 17 heavy (non-hydrogen) atoms. The van der Waals surface area contributed by atoms with Gasteiger partial charge in [0.2, 0.25) is 0 Å². The van der Waals surface area contributed by atoms with E-state index >= 15 is 0 Å². The summed E-state index contributed by atoms with van der Waals surface area (Å²) in [6, 6.07) is 4.80. The molecular formula is C12H13ClN2O2. The van der Waals surface area contributed by atoms with Crippen LogP contribution in [0.5, 0.6) is 0 Å². The van der Waals surface area contributed by atoms with Crippen LogP contribution in [0.25, 0.3) is 0 Å². The van der Waals surface area contributed by atoms with Crippen molar-refractivity contribution < 1.29 is 4.92 Å². The van der Waals surface area contributed by atoms with E-state index in [-0.39, 0.29) is 10.7 Å². The van der Waals surface area contributed by atoms with Crippen molar-refractivity contribution in [1.29, 1.82) is 0 Å². The third-order valence-electron chi connectivity index (χ3n) is 2.14. The van der Waals surface area contributed by atoms with Gasteiger partial charge in [0, 0.05) is 25.6 Å². The molecule has 0 atom stereocenters. The predicted octanol–water partition coefficient (Wildman–Crippen LogP) is 2.75. The molecule has 0 saturated carbocycles. The zero-order valence-corrected chi connectivity index (χ0v) is 10.3. The zero-order valence-electron chi connectivity index (χ0n) is 9.50. The van der Waals surface area contributed by atoms with Crippen LogP contribution in [0.1, 0.15) is 18.9 Å². The van der Waals surface area contributed by atoms with Crippen LogP contribution in [0.15, 0.2) is 18.2 Å². The number of hydrogen-bond acceptors (Lipinski definition) is 3. The van der Waals surface area contributed by atoms with E-state index in [1.54, 1.807) is 19.1 Å². The Morgan fingerprint density at radius 2 is 2.29 bits per heavy atom. The Labute approximate surface area is 105 Å². The molecule has 0 aliphatic heterocycles. The van der Waals surface area contributed by atoms with Crippen LogP contribution in [0.2, 0.25) is 5.02 Å². The summed E-state index contributed by atoms with van der Waals surface area (Å²) in [4.78, 5) is 10.2. The molecule has 0 aromatic heterocycles. The minimum Gasteiger partial charge on any atom is -0.312 e. The largest absolute Gasteiger partial charge is 0.312 e. The number of benzene rings is 1. The molecular weight excluding hydrogens is 240 g/mol. The summed E-state index contributed by atoms with van der Waals surface area (Å²) in [6.07, 6.45) is 0.770. The van der Waals surface area contributed by atoms with Gasteiger partial charge in [-0.1, -0.05) is 17.7 Å². The van der Waals surface area contributed by atoms with Gasteiger partial charge < -0.3 is 5.32 Å². The highest BCUT2D eigenvalue weighted by molar-refractivity contribution is 6.32. The van der Waals surface area contributed by atoms with Crippen molar-refractivity contribution >= 4 is 17.3 Å². The highest BCUT2D eigenvalue weighted by Gasteiger charge is 2.12. The fourth-order valence-electron chi connectivity index (χ4n) is 1.32. The molecule has 1 aromatic carbocycles. The molecule has 4 nitrogen and oxygen atoms in total. The third-order valence-corrected chi connectivity index (χ3v) is 2.46. The van der Waals surface area contributed by atoms with E-state index < -0.39 is 4.92 Å². The molecule has 90 valence electrons. The predicted molar refractivity (Wildman–Crippen MR) is 67.9 cm³/mol. The average Bonchev–Trinajstić information content (AvgIpc) is 2.30. The number of nitro groups is 1. The molecule has 0 amide bonds. The average molecular weight is 253 g/mol. The maximum Gasteiger partial charge on any atom is 0.288 e. The highest BCUT2D eigenvalue weighted by Crippen LogP contribution is 2.24. The van der Waals surface area contributed by atoms with Gasteiger partial charge in [-0.25, -0.2) is 0 Å². The molecule has 0 heterocycles. The van der Waals surface area contributed by atoms with Gasteiger partial charge in [0.25, 0.3) is 5.69 Å². The molecule has 0 aliphatic carbocycles. The molecule has 1 aromatic rings. The summed E-state index contributed by atoms with van der Waals surface area (Å²) in [6.45, 7) is 3.13. The molecule has 5 heteroatoms. The van der Waals surface area contributed by atoms with Gasteiger partial charge in [-0.2, -0.15) is 0 Å². The quantitative estimate of drug-likeness (QED) is 0.379. The van der Waals surface area contributed by atoms with Crippen molar-refractivity contribution in [1.82, 2.24) is 5.32 Å². The lowest BCUT2D eigenvalue weighted by Gasteiger charge is -2.03. The molecule has 0 fully saturated rings. The number of nitrogens with one attached hydrogen (secondary N) is 1. The normalized spacial score (nSPS) is 9.53. The van der Waals surface area contributed by atoms with Gasteiger partial charge in [-0.05, 0) is 18.6 Å². The fourth-order valence-corrected chi connectivity index (χ4v) is 1.50. The smallest absolute Gasteiger partial charge is 0.288 e. The molecule has 1 N–H and O–H groups in total. The lowest BCUT2D eigenvalue weighted by molar-refractivity contribution is -0.384. The first-order valence-electron chi connectivity index (χ1n) is 5.18. The maximum absolute atomic E-state index is 10.7. The molecule has 0 aliphatic rings. The van der Waals surface area contributed by atoms with E-state index in [4.69, 9.17) is 11.6 Å². The van der Waals surface area contributed by atoms with Crippen molar-refractivity contribution in [3.63, 3.8) is 0 Å². The Balaban J connectivity index is 2.56. The standard InChI is InChI=1S/C12H13ClN2O2/c1-2-3-4-7-14-9-10-5-6-11(13)12(8-10)15(16)17/h5-6,8,14H,4,7,9H2,1H3. The summed E-state index contributed by atoms with van der Waals surface area (Å²) in [7, 11) is 0. The van der Waals surface area contributed by atoms with Crippen molar-refractivity contribution in [3.8, 4) is 11.8 Å². The van der Waals surface area contributed by atoms with E-state index in [9.17, 15) is 10.1 Å². The van der Waals surface area contributed by atoms with Crippen LogP contribution in [0, 0.1) is 22.0 Å². The molecule has 0 radical (unpaired) electrons. The second-order valence-electron chi connectivity index (χ2n) is 3.40.